The summed E-state index contributed by atoms with van der Waals surface area (Å²) >= 11 is 0. The van der Waals surface area contributed by atoms with Gasteiger partial charge in [-0.1, -0.05) is 6.92 Å². The van der Waals surface area contributed by atoms with Crippen LogP contribution < -0.4 is 0 Å². The van der Waals surface area contributed by atoms with E-state index in [1.165, 1.54) is 12.1 Å². The smallest absolute Gasteiger partial charge is 0.0409 e. The molecule has 2 heteroatoms. The van der Waals surface area contributed by atoms with Crippen LogP contribution in [0.15, 0.2) is 10.2 Å². The van der Waals surface area contributed by atoms with Crippen molar-refractivity contribution in [2.75, 3.05) is 0 Å². The van der Waals surface area contributed by atoms with Crippen molar-refractivity contribution in [3.05, 3.63) is 0 Å². The minimum absolute atomic E-state index is 0.655. The average molecular weight is 124 g/mol. The fourth-order valence-electron chi connectivity index (χ4n) is 1.02. The SMILES string of the molecule is CCC1CC=NN=C1C. The maximum atomic E-state index is 3.97. The first kappa shape index (κ1) is 6.46. The highest BCUT2D eigenvalue weighted by atomic mass is 15.2. The minimum atomic E-state index is 0.655. The van der Waals surface area contributed by atoms with Gasteiger partial charge in [-0.3, -0.25) is 0 Å². The van der Waals surface area contributed by atoms with Gasteiger partial charge < -0.3 is 0 Å². The zero-order valence-electron chi connectivity index (χ0n) is 5.96. The first-order chi connectivity index (χ1) is 4.34. The van der Waals surface area contributed by atoms with Gasteiger partial charge in [0.15, 0.2) is 0 Å². The van der Waals surface area contributed by atoms with Crippen LogP contribution in [0, 0.1) is 5.92 Å². The largest absolute Gasteiger partial charge is 0.164 e. The van der Waals surface area contributed by atoms with Gasteiger partial charge in [0.05, 0.1) is 0 Å². The summed E-state index contributed by atoms with van der Waals surface area (Å²) in [5, 5.41) is 7.79. The third-order valence-electron chi connectivity index (χ3n) is 1.77. The summed E-state index contributed by atoms with van der Waals surface area (Å²) in [5.74, 6) is 0.655. The Bertz CT molecular complexity index is 147. The summed E-state index contributed by atoms with van der Waals surface area (Å²) in [6.07, 6.45) is 4.15. The van der Waals surface area contributed by atoms with Crippen LogP contribution in [0.25, 0.3) is 0 Å². The van der Waals surface area contributed by atoms with Gasteiger partial charge in [0.25, 0.3) is 0 Å². The van der Waals surface area contributed by atoms with E-state index in [0.717, 1.165) is 6.42 Å². The molecule has 1 unspecified atom stereocenters. The molecule has 0 saturated heterocycles. The second-order valence-corrected chi connectivity index (χ2v) is 2.38. The first-order valence-corrected chi connectivity index (χ1v) is 3.40. The number of hydrogen-bond acceptors (Lipinski definition) is 2. The summed E-state index contributed by atoms with van der Waals surface area (Å²) in [6, 6.07) is 0. The van der Waals surface area contributed by atoms with Crippen molar-refractivity contribution in [3.8, 4) is 0 Å². The van der Waals surface area contributed by atoms with Gasteiger partial charge in [0, 0.05) is 17.8 Å². The molecule has 1 aliphatic rings. The van der Waals surface area contributed by atoms with Gasteiger partial charge in [0.2, 0.25) is 0 Å². The van der Waals surface area contributed by atoms with E-state index in [2.05, 4.69) is 17.1 Å². The molecule has 1 aliphatic heterocycles. The highest BCUT2D eigenvalue weighted by Crippen LogP contribution is 2.12. The maximum Gasteiger partial charge on any atom is 0.0409 e. The molecule has 50 valence electrons. The van der Waals surface area contributed by atoms with Crippen LogP contribution in [0.5, 0.6) is 0 Å². The second kappa shape index (κ2) is 2.76. The van der Waals surface area contributed by atoms with E-state index in [-0.39, 0.29) is 0 Å². The third kappa shape index (κ3) is 1.37. The standard InChI is InChI=1S/C7H12N2/c1-3-7-4-5-8-9-6(7)2/h5,7H,3-4H2,1-2H3. The van der Waals surface area contributed by atoms with Crippen LogP contribution in [-0.4, -0.2) is 11.9 Å². The molecular weight excluding hydrogens is 112 g/mol. The molecule has 0 amide bonds. The van der Waals surface area contributed by atoms with E-state index < -0.39 is 0 Å². The summed E-state index contributed by atoms with van der Waals surface area (Å²) in [4.78, 5) is 0. The van der Waals surface area contributed by atoms with E-state index in [9.17, 15) is 0 Å². The van der Waals surface area contributed by atoms with E-state index in [1.54, 1.807) is 0 Å². The Morgan fingerprint density at radius 1 is 1.78 bits per heavy atom. The summed E-state index contributed by atoms with van der Waals surface area (Å²) in [7, 11) is 0. The quantitative estimate of drug-likeness (QED) is 0.509. The van der Waals surface area contributed by atoms with Crippen molar-refractivity contribution in [2.24, 2.45) is 16.1 Å². The average Bonchev–Trinajstić information content (AvgIpc) is 1.89. The fourth-order valence-corrected chi connectivity index (χ4v) is 1.02. The molecule has 1 atom stereocenters. The van der Waals surface area contributed by atoms with Crippen LogP contribution in [-0.2, 0) is 0 Å². The van der Waals surface area contributed by atoms with Crippen LogP contribution in [0.4, 0.5) is 0 Å². The van der Waals surface area contributed by atoms with Crippen LogP contribution in [0.3, 0.4) is 0 Å². The number of rotatable bonds is 1. The zero-order chi connectivity index (χ0) is 6.69. The molecule has 0 aromatic carbocycles. The Morgan fingerprint density at radius 2 is 2.56 bits per heavy atom. The van der Waals surface area contributed by atoms with Crippen molar-refractivity contribution in [2.45, 2.75) is 26.7 Å². The van der Waals surface area contributed by atoms with Gasteiger partial charge in [-0.15, -0.1) is 0 Å². The summed E-state index contributed by atoms with van der Waals surface area (Å²) < 4.78 is 0. The van der Waals surface area contributed by atoms with Gasteiger partial charge in [0.1, 0.15) is 0 Å². The molecule has 1 heterocycles. The van der Waals surface area contributed by atoms with Crippen molar-refractivity contribution in [1.82, 2.24) is 0 Å². The highest BCUT2D eigenvalue weighted by molar-refractivity contribution is 5.88. The predicted octanol–water partition coefficient (Wildman–Crippen LogP) is 1.86. The Labute approximate surface area is 55.7 Å². The van der Waals surface area contributed by atoms with Crippen LogP contribution in [0.2, 0.25) is 0 Å². The second-order valence-electron chi connectivity index (χ2n) is 2.38. The highest BCUT2D eigenvalue weighted by Gasteiger charge is 2.10. The zero-order valence-corrected chi connectivity index (χ0v) is 5.96. The lowest BCUT2D eigenvalue weighted by Gasteiger charge is -2.12. The lowest BCUT2D eigenvalue weighted by atomic mass is 9.98. The molecule has 0 N–H and O–H groups in total. The lowest BCUT2D eigenvalue weighted by Crippen LogP contribution is -2.12. The van der Waals surface area contributed by atoms with Crippen LogP contribution in [0.1, 0.15) is 26.7 Å². The maximum absolute atomic E-state index is 3.97. The predicted molar refractivity (Wildman–Crippen MR) is 40.0 cm³/mol. The molecule has 2 nitrogen and oxygen atoms in total. The van der Waals surface area contributed by atoms with Crippen molar-refractivity contribution in [1.29, 1.82) is 0 Å². The molecule has 0 saturated carbocycles. The fraction of sp³-hybridized carbons (Fsp3) is 0.714. The minimum Gasteiger partial charge on any atom is -0.164 e. The molecule has 0 aromatic heterocycles. The van der Waals surface area contributed by atoms with Crippen molar-refractivity contribution >= 4 is 11.9 Å². The molecule has 9 heavy (non-hydrogen) atoms. The van der Waals surface area contributed by atoms with E-state index in [0.29, 0.717) is 5.92 Å². The summed E-state index contributed by atoms with van der Waals surface area (Å²) in [5.41, 5.74) is 1.18. The first-order valence-electron chi connectivity index (χ1n) is 3.40. The Balaban J connectivity index is 2.59. The normalized spacial score (nSPS) is 26.0. The molecule has 0 spiro atoms. The van der Waals surface area contributed by atoms with Gasteiger partial charge in [-0.05, 0) is 19.8 Å². The lowest BCUT2D eigenvalue weighted by molar-refractivity contribution is 0.683. The molecule has 0 aromatic rings. The number of nitrogens with zero attached hydrogens (tertiary/aromatic N) is 2. The van der Waals surface area contributed by atoms with Crippen molar-refractivity contribution in [3.63, 3.8) is 0 Å². The number of hydrogen-bond donors (Lipinski definition) is 0. The van der Waals surface area contributed by atoms with Crippen LogP contribution >= 0.6 is 0 Å². The molecular formula is C7H12N2. The third-order valence-corrected chi connectivity index (χ3v) is 1.77. The van der Waals surface area contributed by atoms with E-state index >= 15 is 0 Å². The van der Waals surface area contributed by atoms with E-state index in [1.807, 2.05) is 13.1 Å². The molecule has 0 radical (unpaired) electrons. The molecule has 0 bridgehead atoms. The Morgan fingerprint density at radius 3 is 3.00 bits per heavy atom. The van der Waals surface area contributed by atoms with Gasteiger partial charge in [-0.25, -0.2) is 0 Å². The van der Waals surface area contributed by atoms with Crippen molar-refractivity contribution < 1.29 is 0 Å². The summed E-state index contributed by atoms with van der Waals surface area (Å²) in [6.45, 7) is 4.23. The Hall–Kier alpha value is -0.660. The Kier molecular flexibility index (Phi) is 1.98. The van der Waals surface area contributed by atoms with Gasteiger partial charge in [-0.2, -0.15) is 10.2 Å². The monoisotopic (exact) mass is 124 g/mol. The van der Waals surface area contributed by atoms with Gasteiger partial charge >= 0.3 is 0 Å². The molecule has 0 aliphatic carbocycles. The molecule has 0 fully saturated rings. The molecule has 1 rings (SSSR count). The van der Waals surface area contributed by atoms with E-state index in [4.69, 9.17) is 0 Å². The topological polar surface area (TPSA) is 24.7 Å².